The van der Waals surface area contributed by atoms with E-state index in [4.69, 9.17) is 9.47 Å². The predicted molar refractivity (Wildman–Crippen MR) is 135 cm³/mol. The third kappa shape index (κ3) is 4.52. The highest BCUT2D eigenvalue weighted by Gasteiger charge is 2.44. The zero-order chi connectivity index (χ0) is 24.4. The number of allylic oxidation sites excluding steroid dienone is 4. The minimum absolute atomic E-state index is 0.0217. The Kier molecular flexibility index (Phi) is 7.45. The molecule has 4 rings (SSSR count). The maximum atomic E-state index is 13.3. The van der Waals surface area contributed by atoms with Gasteiger partial charge in [-0.3, -0.25) is 14.4 Å². The fraction of sp³-hybridized carbons (Fsp3) is 0.423. The lowest BCUT2D eigenvalue weighted by Crippen LogP contribution is -2.41. The highest BCUT2D eigenvalue weighted by Crippen LogP contribution is 2.50. The Balaban J connectivity index is 1.94. The predicted octanol–water partition coefficient (Wildman–Crippen LogP) is 4.75. The standard InChI is InChI=1S/C26H28INO6/c1-3-11-34-26-16(27)12-15(13-21(26)33-4-2)23-24-17(7-5-9-19(24)29)28(14-22(31)32)18-8-6-10-20(30)25(18)23/h3,12-13,23H,1,4-11,14H2,2H3,(H,31,32). The molecule has 0 fully saturated rings. The molecule has 8 heteroatoms. The molecule has 1 aromatic carbocycles. The van der Waals surface area contributed by atoms with Crippen LogP contribution in [0.5, 0.6) is 11.5 Å². The molecule has 3 aliphatic rings. The number of carboxylic acids is 1. The van der Waals surface area contributed by atoms with Crippen molar-refractivity contribution in [3.05, 3.63) is 56.5 Å². The van der Waals surface area contributed by atoms with Crippen molar-refractivity contribution in [2.24, 2.45) is 0 Å². The first kappa shape index (κ1) is 24.5. The molecular weight excluding hydrogens is 549 g/mol. The number of rotatable bonds is 8. The van der Waals surface area contributed by atoms with E-state index in [9.17, 15) is 19.5 Å². The molecule has 1 aromatic rings. The number of aliphatic carboxylic acids is 1. The van der Waals surface area contributed by atoms with Gasteiger partial charge >= 0.3 is 5.97 Å². The van der Waals surface area contributed by atoms with Crippen molar-refractivity contribution >= 4 is 40.1 Å². The number of hydrogen-bond acceptors (Lipinski definition) is 6. The van der Waals surface area contributed by atoms with Crippen molar-refractivity contribution in [1.82, 2.24) is 4.90 Å². The molecule has 1 aliphatic heterocycles. The first-order valence-electron chi connectivity index (χ1n) is 11.6. The lowest BCUT2D eigenvalue weighted by Gasteiger charge is -2.43. The first-order chi connectivity index (χ1) is 16.4. The Morgan fingerprint density at radius 3 is 2.26 bits per heavy atom. The highest BCUT2D eigenvalue weighted by atomic mass is 127. The van der Waals surface area contributed by atoms with Gasteiger partial charge in [0.15, 0.2) is 23.1 Å². The molecule has 0 unspecified atom stereocenters. The fourth-order valence-electron chi connectivity index (χ4n) is 5.18. The topological polar surface area (TPSA) is 93.1 Å². The van der Waals surface area contributed by atoms with Crippen molar-refractivity contribution in [1.29, 1.82) is 0 Å². The summed E-state index contributed by atoms with van der Waals surface area (Å²) in [5.74, 6) is -0.405. The van der Waals surface area contributed by atoms with Crippen LogP contribution >= 0.6 is 22.6 Å². The second-order valence-corrected chi connectivity index (χ2v) is 9.71. The van der Waals surface area contributed by atoms with E-state index in [1.165, 1.54) is 0 Å². The van der Waals surface area contributed by atoms with E-state index in [-0.39, 0.29) is 18.1 Å². The molecule has 0 saturated heterocycles. The van der Waals surface area contributed by atoms with E-state index in [1.54, 1.807) is 11.0 Å². The summed E-state index contributed by atoms with van der Waals surface area (Å²) < 4.78 is 12.5. The van der Waals surface area contributed by atoms with Gasteiger partial charge < -0.3 is 19.5 Å². The van der Waals surface area contributed by atoms with E-state index in [1.807, 2.05) is 19.1 Å². The molecule has 0 amide bonds. The summed E-state index contributed by atoms with van der Waals surface area (Å²) in [5, 5.41) is 9.60. The number of nitrogens with zero attached hydrogens (tertiary/aromatic N) is 1. The van der Waals surface area contributed by atoms with Crippen LogP contribution in [-0.2, 0) is 14.4 Å². The molecule has 1 N–H and O–H groups in total. The summed E-state index contributed by atoms with van der Waals surface area (Å²) in [5.41, 5.74) is 3.40. The molecule has 34 heavy (non-hydrogen) atoms. The number of halogens is 1. The first-order valence-corrected chi connectivity index (χ1v) is 12.7. The number of benzene rings is 1. The molecule has 1 heterocycles. The van der Waals surface area contributed by atoms with Gasteiger partial charge in [-0.25, -0.2) is 0 Å². The summed E-state index contributed by atoms with van der Waals surface area (Å²) in [6.45, 7) is 6.10. The highest BCUT2D eigenvalue weighted by molar-refractivity contribution is 14.1. The SMILES string of the molecule is C=CCOc1c(I)cc(C2C3=C(CCCC3=O)N(CC(=O)O)C3=C2C(=O)CCC3)cc1OCC. The van der Waals surface area contributed by atoms with Crippen molar-refractivity contribution in [3.63, 3.8) is 0 Å². The Hall–Kier alpha value is -2.62. The second-order valence-electron chi connectivity index (χ2n) is 8.55. The van der Waals surface area contributed by atoms with Gasteiger partial charge in [-0.2, -0.15) is 0 Å². The van der Waals surface area contributed by atoms with Crippen LogP contribution in [0.3, 0.4) is 0 Å². The largest absolute Gasteiger partial charge is 0.490 e. The molecule has 0 saturated carbocycles. The van der Waals surface area contributed by atoms with Crippen LogP contribution in [0.15, 0.2) is 47.3 Å². The number of Topliss-reactive ketones (excluding diaryl/α,β-unsaturated/α-hetero) is 2. The third-order valence-electron chi connectivity index (χ3n) is 6.39. The lowest BCUT2D eigenvalue weighted by molar-refractivity contribution is -0.138. The van der Waals surface area contributed by atoms with Crippen LogP contribution < -0.4 is 9.47 Å². The maximum Gasteiger partial charge on any atom is 0.323 e. The quantitative estimate of drug-likeness (QED) is 0.352. The van der Waals surface area contributed by atoms with Gasteiger partial charge in [-0.1, -0.05) is 12.7 Å². The Labute approximate surface area is 212 Å². The van der Waals surface area contributed by atoms with Gasteiger partial charge in [0, 0.05) is 41.3 Å². The Morgan fingerprint density at radius 2 is 1.74 bits per heavy atom. The molecule has 0 atom stereocenters. The molecule has 180 valence electrons. The minimum atomic E-state index is -0.981. The van der Waals surface area contributed by atoms with E-state index in [0.717, 1.165) is 20.5 Å². The van der Waals surface area contributed by atoms with E-state index < -0.39 is 11.9 Å². The van der Waals surface area contributed by atoms with Crippen molar-refractivity contribution < 1.29 is 29.0 Å². The molecule has 0 bridgehead atoms. The van der Waals surface area contributed by atoms with Gasteiger partial charge in [-0.05, 0) is 72.9 Å². The van der Waals surface area contributed by atoms with Crippen molar-refractivity contribution in [3.8, 4) is 11.5 Å². The fourth-order valence-corrected chi connectivity index (χ4v) is 5.96. The third-order valence-corrected chi connectivity index (χ3v) is 7.19. The number of carbonyl (C=O) groups is 3. The Bertz CT molecular complexity index is 1070. The van der Waals surface area contributed by atoms with E-state index in [0.29, 0.717) is 74.4 Å². The molecule has 2 aliphatic carbocycles. The zero-order valence-electron chi connectivity index (χ0n) is 19.2. The van der Waals surface area contributed by atoms with Gasteiger partial charge in [0.25, 0.3) is 0 Å². The minimum Gasteiger partial charge on any atom is -0.490 e. The number of carboxylic acid groups (broad SMARTS) is 1. The van der Waals surface area contributed by atoms with Gasteiger partial charge in [0.05, 0.1) is 10.2 Å². The molecule has 0 spiro atoms. The maximum absolute atomic E-state index is 13.3. The average Bonchev–Trinajstić information content (AvgIpc) is 2.79. The number of carbonyl (C=O) groups excluding carboxylic acids is 2. The van der Waals surface area contributed by atoms with Gasteiger partial charge in [-0.15, -0.1) is 0 Å². The smallest absolute Gasteiger partial charge is 0.323 e. The Morgan fingerprint density at radius 1 is 1.12 bits per heavy atom. The van der Waals surface area contributed by atoms with Crippen LogP contribution in [-0.4, -0.2) is 47.3 Å². The number of ether oxygens (including phenoxy) is 2. The van der Waals surface area contributed by atoms with Crippen LogP contribution in [0.2, 0.25) is 0 Å². The zero-order valence-corrected chi connectivity index (χ0v) is 21.4. The molecule has 0 aromatic heterocycles. The van der Waals surface area contributed by atoms with Crippen molar-refractivity contribution in [2.75, 3.05) is 19.8 Å². The van der Waals surface area contributed by atoms with Crippen molar-refractivity contribution in [2.45, 2.75) is 51.4 Å². The summed E-state index contributed by atoms with van der Waals surface area (Å²) in [6.07, 6.45) is 5.03. The molecule has 7 nitrogen and oxygen atoms in total. The monoisotopic (exact) mass is 577 g/mol. The summed E-state index contributed by atoms with van der Waals surface area (Å²) in [6, 6.07) is 3.80. The molecule has 0 radical (unpaired) electrons. The van der Waals surface area contributed by atoms with Gasteiger partial charge in [0.2, 0.25) is 0 Å². The van der Waals surface area contributed by atoms with Crippen LogP contribution in [0.1, 0.15) is 56.9 Å². The summed E-state index contributed by atoms with van der Waals surface area (Å²) in [7, 11) is 0. The lowest BCUT2D eigenvalue weighted by atomic mass is 9.71. The van der Waals surface area contributed by atoms with E-state index in [2.05, 4.69) is 29.2 Å². The van der Waals surface area contributed by atoms with Gasteiger partial charge in [0.1, 0.15) is 13.2 Å². The number of ketones is 2. The summed E-state index contributed by atoms with van der Waals surface area (Å²) >= 11 is 2.18. The van der Waals surface area contributed by atoms with E-state index >= 15 is 0 Å². The second kappa shape index (κ2) is 10.3. The normalized spacial score (nSPS) is 18.6. The van der Waals surface area contributed by atoms with Crippen LogP contribution in [0.4, 0.5) is 0 Å². The number of hydrogen-bond donors (Lipinski definition) is 1. The summed E-state index contributed by atoms with van der Waals surface area (Å²) in [4.78, 5) is 40.0. The molecular formula is C26H28INO6. The van der Waals surface area contributed by atoms with Crippen LogP contribution in [0.25, 0.3) is 0 Å². The van der Waals surface area contributed by atoms with Crippen LogP contribution in [0, 0.1) is 3.57 Å². The average molecular weight is 577 g/mol.